The number of aryl methyl sites for hydroxylation is 1. The van der Waals surface area contributed by atoms with Gasteiger partial charge in [0.2, 0.25) is 10.0 Å². The van der Waals surface area contributed by atoms with Crippen molar-refractivity contribution in [1.82, 2.24) is 26.2 Å². The molecule has 1 aromatic heterocycles. The molecule has 3 aliphatic rings. The Bertz CT molecular complexity index is 1820. The van der Waals surface area contributed by atoms with Gasteiger partial charge in [-0.3, -0.25) is 18.9 Å². The Morgan fingerprint density at radius 2 is 1.93 bits per heavy atom. The zero-order chi connectivity index (χ0) is 30.5. The second-order valence-corrected chi connectivity index (χ2v) is 13.1. The molecule has 43 heavy (non-hydrogen) atoms. The fourth-order valence-corrected chi connectivity index (χ4v) is 6.34. The van der Waals surface area contributed by atoms with Crippen molar-refractivity contribution in [2.75, 3.05) is 37.7 Å². The molecule has 0 spiro atoms. The van der Waals surface area contributed by atoms with Gasteiger partial charge in [0, 0.05) is 68.1 Å². The first-order valence-electron chi connectivity index (χ1n) is 14.1. The predicted octanol–water partition coefficient (Wildman–Crippen LogP) is 3.49. The van der Waals surface area contributed by atoms with Crippen molar-refractivity contribution in [3.63, 3.8) is 0 Å². The van der Waals surface area contributed by atoms with Gasteiger partial charge in [0.1, 0.15) is 11.3 Å². The van der Waals surface area contributed by atoms with Crippen molar-refractivity contribution in [2.45, 2.75) is 25.7 Å². The summed E-state index contributed by atoms with van der Waals surface area (Å²) in [6, 6.07) is 11.3. The number of fused-ring (bicyclic) bond motifs is 2. The van der Waals surface area contributed by atoms with E-state index in [0.717, 1.165) is 41.5 Å². The van der Waals surface area contributed by atoms with Crippen molar-refractivity contribution in [2.24, 2.45) is 0 Å². The number of hydrazine groups is 2. The first-order chi connectivity index (χ1) is 20.5. The van der Waals surface area contributed by atoms with Crippen LogP contribution in [0.5, 0.6) is 0 Å². The Balaban J connectivity index is 1.44. The number of nitrogens with zero attached hydrogens (tertiary/aromatic N) is 3. The summed E-state index contributed by atoms with van der Waals surface area (Å²) in [5.74, 6) is -0.158. The Morgan fingerprint density at radius 3 is 2.65 bits per heavy atom. The van der Waals surface area contributed by atoms with Crippen LogP contribution < -0.4 is 20.6 Å². The third-order valence-corrected chi connectivity index (χ3v) is 9.42. The number of sulfonamides is 1. The van der Waals surface area contributed by atoms with Crippen LogP contribution in [0.4, 0.5) is 5.69 Å². The highest BCUT2D eigenvalue weighted by Crippen LogP contribution is 2.42. The van der Waals surface area contributed by atoms with Gasteiger partial charge in [-0.2, -0.15) is 0 Å². The largest absolute Gasteiger partial charge is 0.455 e. The monoisotopic (exact) mass is 602 g/mol. The van der Waals surface area contributed by atoms with Gasteiger partial charge in [0.25, 0.3) is 11.8 Å². The molecule has 0 radical (unpaired) electrons. The minimum Gasteiger partial charge on any atom is -0.455 e. The maximum Gasteiger partial charge on any atom is 0.255 e. The molecule has 1 saturated heterocycles. The van der Waals surface area contributed by atoms with Gasteiger partial charge in [-0.25, -0.2) is 8.42 Å². The van der Waals surface area contributed by atoms with Crippen LogP contribution >= 0.6 is 0 Å². The van der Waals surface area contributed by atoms with E-state index in [0.29, 0.717) is 46.6 Å². The molecule has 2 aromatic carbocycles. The molecule has 0 aliphatic carbocycles. The van der Waals surface area contributed by atoms with E-state index >= 15 is 0 Å². The molecular formula is C31H34N6O5S. The highest BCUT2D eigenvalue weighted by molar-refractivity contribution is 7.92. The van der Waals surface area contributed by atoms with Crippen LogP contribution in [0.15, 0.2) is 76.6 Å². The molecule has 3 aromatic rings. The molecule has 4 heterocycles. The summed E-state index contributed by atoms with van der Waals surface area (Å²) in [4.78, 5) is 28.7. The van der Waals surface area contributed by atoms with Crippen molar-refractivity contribution >= 4 is 38.5 Å². The topological polar surface area (TPSA) is 127 Å². The summed E-state index contributed by atoms with van der Waals surface area (Å²) in [5.41, 5.74) is 11.0. The minimum atomic E-state index is -3.63. The molecule has 12 heteroatoms. The van der Waals surface area contributed by atoms with Crippen LogP contribution in [0, 0.1) is 6.92 Å². The number of amides is 2. The molecule has 0 saturated carbocycles. The summed E-state index contributed by atoms with van der Waals surface area (Å²) >= 11 is 0. The Labute approximate surface area is 250 Å². The van der Waals surface area contributed by atoms with Gasteiger partial charge >= 0.3 is 0 Å². The molecule has 3 aliphatic heterocycles. The molecule has 0 unspecified atom stereocenters. The van der Waals surface area contributed by atoms with Crippen LogP contribution in [-0.2, 0) is 14.8 Å². The second kappa shape index (κ2) is 10.9. The van der Waals surface area contributed by atoms with Gasteiger partial charge in [-0.15, -0.1) is 5.53 Å². The van der Waals surface area contributed by atoms with Crippen LogP contribution in [0.2, 0.25) is 0 Å². The maximum atomic E-state index is 13.6. The molecule has 11 nitrogen and oxygen atoms in total. The number of allylic oxidation sites excluding steroid dienone is 1. The quantitative estimate of drug-likeness (QED) is 0.392. The van der Waals surface area contributed by atoms with Gasteiger partial charge in [0.15, 0.2) is 0 Å². The van der Waals surface area contributed by atoms with Gasteiger partial charge in [0.05, 0.1) is 23.2 Å². The van der Waals surface area contributed by atoms with Crippen LogP contribution in [0.25, 0.3) is 22.3 Å². The van der Waals surface area contributed by atoms with Crippen LogP contribution in [0.3, 0.4) is 0 Å². The molecular weight excluding hydrogens is 568 g/mol. The number of hydrogen-bond donors (Lipinski definition) is 3. The Kier molecular flexibility index (Phi) is 7.26. The smallest absolute Gasteiger partial charge is 0.255 e. The second-order valence-electron chi connectivity index (χ2n) is 11.1. The number of piperidine rings is 1. The van der Waals surface area contributed by atoms with E-state index < -0.39 is 10.0 Å². The minimum absolute atomic E-state index is 0.0940. The summed E-state index contributed by atoms with van der Waals surface area (Å²) < 4.78 is 33.1. The molecule has 3 N–H and O–H groups in total. The lowest BCUT2D eigenvalue weighted by Gasteiger charge is -2.35. The van der Waals surface area contributed by atoms with Crippen molar-refractivity contribution in [1.29, 1.82) is 0 Å². The average Bonchev–Trinajstić information content (AvgIpc) is 3.63. The highest BCUT2D eigenvalue weighted by Gasteiger charge is 2.32. The highest BCUT2D eigenvalue weighted by atomic mass is 32.2. The number of nitrogens with one attached hydrogen (secondary N) is 3. The van der Waals surface area contributed by atoms with E-state index in [9.17, 15) is 18.0 Å². The molecule has 1 atom stereocenters. The van der Waals surface area contributed by atoms with Gasteiger partial charge in [-0.1, -0.05) is 29.8 Å². The Hall–Kier alpha value is -4.55. The number of benzene rings is 2. The lowest BCUT2D eigenvalue weighted by atomic mass is 9.87. The normalized spacial score (nSPS) is 18.2. The summed E-state index contributed by atoms with van der Waals surface area (Å²) in [7, 11) is -0.553. The van der Waals surface area contributed by atoms with E-state index in [4.69, 9.17) is 4.42 Å². The number of likely N-dealkylation sites (tertiary alicyclic amines) is 1. The van der Waals surface area contributed by atoms with E-state index in [1.165, 1.54) is 11.4 Å². The molecule has 0 bridgehead atoms. The summed E-state index contributed by atoms with van der Waals surface area (Å²) in [6.07, 6.45) is 9.80. The standard InChI is InChI=1S/C31H34N6O5S/c1-19-7-9-20(10-8-19)29-28(30(38)32-2)25-15-24(26(16-27(25)42-29)35(3)43(4,40)41)22-6-5-12-36(18-22)31(39)21-11-13-37-23(14-21)17-33-34-37/h7-11,13-17,22,33-34H,5-6,12,18H2,1-4H3,(H,32,38)/t22-/m0/s1. The number of rotatable bonds is 6. The number of hydrogen-bond acceptors (Lipinski definition) is 8. The van der Waals surface area contributed by atoms with E-state index in [2.05, 4.69) is 16.3 Å². The zero-order valence-electron chi connectivity index (χ0n) is 24.5. The molecule has 6 rings (SSSR count). The van der Waals surface area contributed by atoms with Gasteiger partial charge in [-0.05, 0) is 43.5 Å². The maximum absolute atomic E-state index is 13.6. The number of carbonyl (C=O) groups excluding carboxylic acids is 2. The third-order valence-electron chi connectivity index (χ3n) is 8.23. The first-order valence-corrected chi connectivity index (χ1v) is 15.9. The van der Waals surface area contributed by atoms with Crippen molar-refractivity contribution in [3.8, 4) is 11.3 Å². The number of anilines is 1. The fourth-order valence-electron chi connectivity index (χ4n) is 5.82. The Morgan fingerprint density at radius 1 is 1.16 bits per heavy atom. The van der Waals surface area contributed by atoms with E-state index in [1.807, 2.05) is 48.2 Å². The van der Waals surface area contributed by atoms with Crippen molar-refractivity contribution < 1.29 is 22.4 Å². The molecule has 224 valence electrons. The van der Waals surface area contributed by atoms with Gasteiger partial charge < -0.3 is 20.1 Å². The molecule has 2 amide bonds. The average molecular weight is 603 g/mol. The fraction of sp³-hybridized carbons (Fsp3) is 0.290. The third kappa shape index (κ3) is 5.28. The van der Waals surface area contributed by atoms with Crippen LogP contribution in [0.1, 0.15) is 40.2 Å². The van der Waals surface area contributed by atoms with E-state index in [-0.39, 0.29) is 17.7 Å². The SMILES string of the molecule is CNC(=O)c1c(-c2ccc(C)cc2)oc2cc(N(C)S(C)(=O)=O)c([C@H]3CCCN(C(=O)C4=CC5=CNNN5C=C4)C3)cc12. The zero-order valence-corrected chi connectivity index (χ0v) is 25.3. The van der Waals surface area contributed by atoms with Crippen LogP contribution in [-0.4, -0.2) is 63.6 Å². The molecule has 1 fully saturated rings. The number of furan rings is 1. The summed E-state index contributed by atoms with van der Waals surface area (Å²) in [6.45, 7) is 2.97. The predicted molar refractivity (Wildman–Crippen MR) is 165 cm³/mol. The first kappa shape index (κ1) is 28.6. The van der Waals surface area contributed by atoms with Crippen molar-refractivity contribution in [3.05, 3.63) is 88.9 Å². The number of carbonyl (C=O) groups is 2. The van der Waals surface area contributed by atoms with E-state index in [1.54, 1.807) is 36.6 Å². The summed E-state index contributed by atoms with van der Waals surface area (Å²) in [5, 5.41) is 5.09. The lowest BCUT2D eigenvalue weighted by molar-refractivity contribution is -0.128. The lowest BCUT2D eigenvalue weighted by Crippen LogP contribution is -2.41.